The Labute approximate surface area is 113 Å². The number of carbonyl (C=O) groups is 3. The second kappa shape index (κ2) is 7.56. The summed E-state index contributed by atoms with van der Waals surface area (Å²) in [7, 11) is 1.21. The van der Waals surface area contributed by atoms with Gasteiger partial charge in [0.2, 0.25) is 5.91 Å². The zero-order valence-electron chi connectivity index (χ0n) is 12.0. The highest BCUT2D eigenvalue weighted by Gasteiger charge is 2.22. The molecule has 0 aromatic rings. The molecule has 0 bridgehead atoms. The molecule has 0 aliphatic heterocycles. The van der Waals surface area contributed by atoms with Crippen LogP contribution in [0.4, 0.5) is 0 Å². The monoisotopic (exact) mass is 271 g/mol. The van der Waals surface area contributed by atoms with E-state index in [0.717, 1.165) is 12.2 Å². The van der Waals surface area contributed by atoms with Crippen molar-refractivity contribution in [2.45, 2.75) is 33.7 Å². The summed E-state index contributed by atoms with van der Waals surface area (Å²) in [5, 5.41) is 2.72. The second-order valence-corrected chi connectivity index (χ2v) is 5.11. The summed E-state index contributed by atoms with van der Waals surface area (Å²) >= 11 is 0. The molecule has 19 heavy (non-hydrogen) atoms. The largest absolute Gasteiger partial charge is 0.466 e. The van der Waals surface area contributed by atoms with Gasteiger partial charge in [-0.25, -0.2) is 9.59 Å². The first-order valence-electron chi connectivity index (χ1n) is 5.90. The molecule has 0 spiro atoms. The molecule has 0 aliphatic rings. The summed E-state index contributed by atoms with van der Waals surface area (Å²) in [6.45, 7) is 7.13. The van der Waals surface area contributed by atoms with Crippen LogP contribution in [0.25, 0.3) is 0 Å². The number of ether oxygens (including phenoxy) is 2. The van der Waals surface area contributed by atoms with Crippen LogP contribution in [0.3, 0.4) is 0 Å². The van der Waals surface area contributed by atoms with Gasteiger partial charge in [0.25, 0.3) is 0 Å². The smallest absolute Gasteiger partial charge is 0.331 e. The number of amides is 1. The summed E-state index contributed by atoms with van der Waals surface area (Å²) in [6.07, 6.45) is 1.95. The summed E-state index contributed by atoms with van der Waals surface area (Å²) in [4.78, 5) is 33.6. The number of carbonyl (C=O) groups excluding carboxylic acids is 3. The Kier molecular flexibility index (Phi) is 6.82. The SMILES string of the molecule is COC(=O)/C=C/C(=O)OC[C@H](C)NC(=O)C(C)(C)C. The van der Waals surface area contributed by atoms with Crippen molar-refractivity contribution < 1.29 is 23.9 Å². The van der Waals surface area contributed by atoms with E-state index in [-0.39, 0.29) is 18.6 Å². The maximum Gasteiger partial charge on any atom is 0.331 e. The van der Waals surface area contributed by atoms with Crippen LogP contribution in [0.2, 0.25) is 0 Å². The quantitative estimate of drug-likeness (QED) is 0.591. The molecule has 0 radical (unpaired) electrons. The third-order valence-corrected chi connectivity index (χ3v) is 2.09. The molecule has 6 heteroatoms. The third-order valence-electron chi connectivity index (χ3n) is 2.09. The zero-order valence-corrected chi connectivity index (χ0v) is 12.0. The summed E-state index contributed by atoms with van der Waals surface area (Å²) in [6, 6.07) is -0.304. The Morgan fingerprint density at radius 1 is 1.16 bits per heavy atom. The molecule has 1 N–H and O–H groups in total. The Hall–Kier alpha value is -1.85. The van der Waals surface area contributed by atoms with E-state index in [4.69, 9.17) is 4.74 Å². The van der Waals surface area contributed by atoms with Crippen molar-refractivity contribution in [2.75, 3.05) is 13.7 Å². The highest BCUT2D eigenvalue weighted by Crippen LogP contribution is 2.12. The summed E-state index contributed by atoms with van der Waals surface area (Å²) in [5.74, 6) is -1.42. The molecule has 0 aliphatic carbocycles. The molecule has 0 aromatic carbocycles. The van der Waals surface area contributed by atoms with Gasteiger partial charge in [-0.15, -0.1) is 0 Å². The van der Waals surface area contributed by atoms with E-state index in [0.29, 0.717) is 0 Å². The van der Waals surface area contributed by atoms with Crippen molar-refractivity contribution in [3.8, 4) is 0 Å². The molecule has 6 nitrogen and oxygen atoms in total. The molecule has 1 amide bonds. The minimum absolute atomic E-state index is 0.0339. The standard InChI is InChI=1S/C13H21NO5/c1-9(14-12(17)13(2,3)4)8-19-11(16)7-6-10(15)18-5/h6-7,9H,8H2,1-5H3,(H,14,17)/b7-6+/t9-/m0/s1. The molecule has 1 atom stereocenters. The number of hydrogen-bond donors (Lipinski definition) is 1. The minimum Gasteiger partial charge on any atom is -0.466 e. The lowest BCUT2D eigenvalue weighted by atomic mass is 9.95. The van der Waals surface area contributed by atoms with E-state index >= 15 is 0 Å². The molecule has 0 saturated carbocycles. The van der Waals surface area contributed by atoms with Crippen LogP contribution in [0.1, 0.15) is 27.7 Å². The van der Waals surface area contributed by atoms with Gasteiger partial charge < -0.3 is 14.8 Å². The third kappa shape index (κ3) is 7.96. The fourth-order valence-corrected chi connectivity index (χ4v) is 0.941. The van der Waals surface area contributed by atoms with Crippen LogP contribution < -0.4 is 5.32 Å². The van der Waals surface area contributed by atoms with Crippen molar-refractivity contribution in [3.63, 3.8) is 0 Å². The van der Waals surface area contributed by atoms with Crippen molar-refractivity contribution in [3.05, 3.63) is 12.2 Å². The van der Waals surface area contributed by atoms with Gasteiger partial charge in [-0.3, -0.25) is 4.79 Å². The molecule has 0 aromatic heterocycles. The van der Waals surface area contributed by atoms with Gasteiger partial charge in [-0.2, -0.15) is 0 Å². The fourth-order valence-electron chi connectivity index (χ4n) is 0.941. The Balaban J connectivity index is 4.07. The van der Waals surface area contributed by atoms with Crippen molar-refractivity contribution in [2.24, 2.45) is 5.41 Å². The van der Waals surface area contributed by atoms with Gasteiger partial charge in [0.1, 0.15) is 6.61 Å². The summed E-state index contributed by atoms with van der Waals surface area (Å²) in [5.41, 5.74) is -0.497. The summed E-state index contributed by atoms with van der Waals surface area (Å²) < 4.78 is 9.19. The average Bonchev–Trinajstić information content (AvgIpc) is 2.32. The van der Waals surface area contributed by atoms with Crippen molar-refractivity contribution in [1.29, 1.82) is 0 Å². The second-order valence-electron chi connectivity index (χ2n) is 5.11. The Bertz CT molecular complexity index is 368. The molecule has 0 fully saturated rings. The Morgan fingerprint density at radius 2 is 1.68 bits per heavy atom. The van der Waals surface area contributed by atoms with Crippen LogP contribution in [-0.2, 0) is 23.9 Å². The lowest BCUT2D eigenvalue weighted by Gasteiger charge is -2.21. The van der Waals surface area contributed by atoms with Gasteiger partial charge in [-0.05, 0) is 6.92 Å². The topological polar surface area (TPSA) is 81.7 Å². The number of nitrogens with one attached hydrogen (secondary N) is 1. The number of hydrogen-bond acceptors (Lipinski definition) is 5. The highest BCUT2D eigenvalue weighted by atomic mass is 16.5. The van der Waals surface area contributed by atoms with Gasteiger partial charge >= 0.3 is 11.9 Å². The maximum absolute atomic E-state index is 11.6. The molecule has 0 unspecified atom stereocenters. The van der Waals surface area contributed by atoms with E-state index in [1.54, 1.807) is 27.7 Å². The van der Waals surface area contributed by atoms with Gasteiger partial charge in [-0.1, -0.05) is 20.8 Å². The van der Waals surface area contributed by atoms with E-state index in [1.807, 2.05) is 0 Å². The van der Waals surface area contributed by atoms with Crippen LogP contribution in [0.5, 0.6) is 0 Å². The normalized spacial score (nSPS) is 12.9. The van der Waals surface area contributed by atoms with Gasteiger partial charge in [0.05, 0.1) is 13.2 Å². The first-order chi connectivity index (χ1) is 8.66. The lowest BCUT2D eigenvalue weighted by Crippen LogP contribution is -2.42. The van der Waals surface area contributed by atoms with E-state index < -0.39 is 17.4 Å². The van der Waals surface area contributed by atoms with E-state index in [9.17, 15) is 14.4 Å². The molecular weight excluding hydrogens is 250 g/mol. The first kappa shape index (κ1) is 17.2. The van der Waals surface area contributed by atoms with E-state index in [2.05, 4.69) is 10.1 Å². The number of methoxy groups -OCH3 is 1. The zero-order chi connectivity index (χ0) is 15.1. The van der Waals surface area contributed by atoms with E-state index in [1.165, 1.54) is 7.11 Å². The van der Waals surface area contributed by atoms with Crippen molar-refractivity contribution in [1.82, 2.24) is 5.32 Å². The van der Waals surface area contributed by atoms with Crippen LogP contribution >= 0.6 is 0 Å². The van der Waals surface area contributed by atoms with Crippen LogP contribution in [0, 0.1) is 5.41 Å². The first-order valence-corrected chi connectivity index (χ1v) is 5.90. The molecular formula is C13H21NO5. The predicted molar refractivity (Wildman–Crippen MR) is 69.2 cm³/mol. The number of rotatable bonds is 5. The predicted octanol–water partition coefficient (Wildman–Crippen LogP) is 0.810. The fraction of sp³-hybridized carbons (Fsp3) is 0.615. The van der Waals surface area contributed by atoms with Crippen LogP contribution in [0.15, 0.2) is 12.2 Å². The molecule has 0 saturated heterocycles. The van der Waals surface area contributed by atoms with Gasteiger partial charge in [0.15, 0.2) is 0 Å². The minimum atomic E-state index is -0.665. The average molecular weight is 271 g/mol. The molecule has 0 heterocycles. The molecule has 108 valence electrons. The van der Waals surface area contributed by atoms with Crippen molar-refractivity contribution >= 4 is 17.8 Å². The Morgan fingerprint density at radius 3 is 2.16 bits per heavy atom. The van der Waals surface area contributed by atoms with Gasteiger partial charge in [0, 0.05) is 17.6 Å². The van der Waals surface area contributed by atoms with Crippen LogP contribution in [-0.4, -0.2) is 37.6 Å². The molecule has 0 rings (SSSR count). The highest BCUT2D eigenvalue weighted by molar-refractivity contribution is 5.91. The lowest BCUT2D eigenvalue weighted by molar-refractivity contribution is -0.140. The maximum atomic E-state index is 11.6. The number of esters is 2.